The van der Waals surface area contributed by atoms with Gasteiger partial charge in [-0.15, -0.1) is 0 Å². The Morgan fingerprint density at radius 3 is 2.47 bits per heavy atom. The Bertz CT molecular complexity index is 1850. The number of aromatic amines is 2. The third-order valence-electron chi connectivity index (χ3n) is 8.52. The largest absolute Gasteiger partial charge is 0.433 e. The summed E-state index contributed by atoms with van der Waals surface area (Å²) < 4.78 is 41.8. The minimum atomic E-state index is -4.80. The normalized spacial score (nSPS) is 15.7. The monoisotopic (exact) mass is 699 g/mol. The molecule has 3 aromatic heterocycles. The first kappa shape index (κ1) is 33.9. The van der Waals surface area contributed by atoms with Crippen LogP contribution in [0.4, 0.5) is 19.0 Å². The predicted molar refractivity (Wildman–Crippen MR) is 172 cm³/mol. The van der Waals surface area contributed by atoms with Gasteiger partial charge in [-0.1, -0.05) is 17.7 Å². The summed E-state index contributed by atoms with van der Waals surface area (Å²) >= 11 is 6.49. The number of imidazole rings is 1. The highest BCUT2D eigenvalue weighted by molar-refractivity contribution is 6.33. The number of carbonyl (C=O) groups excluding carboxylic acids is 3. The summed E-state index contributed by atoms with van der Waals surface area (Å²) in [6, 6.07) is 6.33. The summed E-state index contributed by atoms with van der Waals surface area (Å²) in [4.78, 5) is 57.5. The van der Waals surface area contributed by atoms with E-state index < -0.39 is 23.3 Å². The molecule has 2 saturated heterocycles. The number of benzene rings is 1. The van der Waals surface area contributed by atoms with Gasteiger partial charge in [0.25, 0.3) is 11.8 Å². The fourth-order valence-electron chi connectivity index (χ4n) is 5.88. The number of alkyl halides is 3. The van der Waals surface area contributed by atoms with Crippen LogP contribution in [0, 0.1) is 5.92 Å². The average molecular weight is 700 g/mol. The van der Waals surface area contributed by atoms with E-state index in [2.05, 4.69) is 41.0 Å². The van der Waals surface area contributed by atoms with Gasteiger partial charge in [-0.05, 0) is 49.7 Å². The molecule has 3 amide bonds. The second-order valence-corrected chi connectivity index (χ2v) is 12.0. The zero-order valence-electron chi connectivity index (χ0n) is 26.3. The number of nitrogens with zero attached hydrogens (tertiary/aromatic N) is 6. The molecule has 0 aliphatic carbocycles. The number of hydrogen-bond donors (Lipinski definition) is 5. The molecule has 6 rings (SSSR count). The molecule has 5 N–H and O–H groups in total. The van der Waals surface area contributed by atoms with Gasteiger partial charge in [0.05, 0.1) is 28.0 Å². The van der Waals surface area contributed by atoms with Crippen LogP contribution in [0.1, 0.15) is 45.1 Å². The molecule has 1 aromatic carbocycles. The third-order valence-corrected chi connectivity index (χ3v) is 8.83. The van der Waals surface area contributed by atoms with Crippen LogP contribution in [0.5, 0.6) is 0 Å². The summed E-state index contributed by atoms with van der Waals surface area (Å²) in [5.74, 6) is -0.716. The molecule has 14 nitrogen and oxygen atoms in total. The van der Waals surface area contributed by atoms with Crippen molar-refractivity contribution in [3.8, 4) is 22.8 Å². The molecular weight excluding hydrogens is 667 g/mol. The van der Waals surface area contributed by atoms with Gasteiger partial charge in [0.1, 0.15) is 17.2 Å². The van der Waals surface area contributed by atoms with Crippen molar-refractivity contribution in [2.24, 2.45) is 5.92 Å². The fraction of sp³-hybridized carbons (Fsp3) is 0.387. The van der Waals surface area contributed by atoms with Crippen LogP contribution in [0.2, 0.25) is 5.02 Å². The van der Waals surface area contributed by atoms with Crippen molar-refractivity contribution in [1.29, 1.82) is 0 Å². The number of piperazine rings is 1. The molecule has 2 aliphatic rings. The van der Waals surface area contributed by atoms with E-state index >= 15 is 0 Å². The van der Waals surface area contributed by atoms with Gasteiger partial charge in [0.15, 0.2) is 11.6 Å². The maximum Gasteiger partial charge on any atom is 0.433 e. The molecule has 0 saturated carbocycles. The molecule has 258 valence electrons. The van der Waals surface area contributed by atoms with Gasteiger partial charge in [-0.25, -0.2) is 15.0 Å². The van der Waals surface area contributed by atoms with E-state index in [0.717, 1.165) is 32.1 Å². The summed E-state index contributed by atoms with van der Waals surface area (Å²) in [5, 5.41) is 14.7. The molecule has 49 heavy (non-hydrogen) atoms. The number of anilines is 1. The number of aromatic nitrogens is 6. The molecule has 0 atom stereocenters. The number of halogens is 4. The molecule has 2 fully saturated rings. The van der Waals surface area contributed by atoms with E-state index in [-0.39, 0.29) is 52.3 Å². The molecule has 18 heteroatoms. The Morgan fingerprint density at radius 1 is 1.04 bits per heavy atom. The first-order valence-electron chi connectivity index (χ1n) is 15.6. The topological polar surface area (TPSA) is 177 Å². The smallest absolute Gasteiger partial charge is 0.373 e. The van der Waals surface area contributed by atoms with Gasteiger partial charge in [0, 0.05) is 51.9 Å². The number of rotatable bonds is 8. The molecular formula is C31H33ClF3N11O3. The van der Waals surface area contributed by atoms with Gasteiger partial charge >= 0.3 is 6.18 Å². The van der Waals surface area contributed by atoms with Crippen LogP contribution in [0.3, 0.4) is 0 Å². The van der Waals surface area contributed by atoms with E-state index in [0.29, 0.717) is 43.1 Å². The predicted octanol–water partition coefficient (Wildman–Crippen LogP) is 3.18. The lowest BCUT2D eigenvalue weighted by molar-refractivity contribution is -0.140. The van der Waals surface area contributed by atoms with Gasteiger partial charge in [0.2, 0.25) is 5.91 Å². The highest BCUT2D eigenvalue weighted by atomic mass is 35.5. The van der Waals surface area contributed by atoms with Crippen LogP contribution in [0.25, 0.3) is 22.8 Å². The quantitative estimate of drug-likeness (QED) is 0.185. The lowest BCUT2D eigenvalue weighted by Crippen LogP contribution is -2.52. The maximum absolute atomic E-state index is 13.9. The molecule has 2 aliphatic heterocycles. The Hall–Kier alpha value is -5.03. The Labute approximate surface area is 283 Å². The molecule has 5 heterocycles. The van der Waals surface area contributed by atoms with Crippen molar-refractivity contribution >= 4 is 35.1 Å². The lowest BCUT2D eigenvalue weighted by Gasteiger charge is -2.37. The summed E-state index contributed by atoms with van der Waals surface area (Å²) in [5.41, 5.74) is -0.982. The molecule has 0 bridgehead atoms. The van der Waals surface area contributed by atoms with Crippen molar-refractivity contribution in [3.05, 3.63) is 64.3 Å². The highest BCUT2D eigenvalue weighted by Crippen LogP contribution is 2.39. The van der Waals surface area contributed by atoms with Crippen molar-refractivity contribution < 1.29 is 27.6 Å². The number of nitrogens with one attached hydrogen (secondary N) is 5. The van der Waals surface area contributed by atoms with Gasteiger partial charge in [-0.2, -0.15) is 18.3 Å². The van der Waals surface area contributed by atoms with Crippen LogP contribution in [0.15, 0.2) is 36.7 Å². The van der Waals surface area contributed by atoms with E-state index in [9.17, 15) is 27.6 Å². The van der Waals surface area contributed by atoms with Crippen LogP contribution in [-0.2, 0) is 17.5 Å². The first-order chi connectivity index (χ1) is 23.5. The minimum absolute atomic E-state index is 0.00403. The van der Waals surface area contributed by atoms with Gasteiger partial charge in [-0.3, -0.25) is 19.5 Å². The third kappa shape index (κ3) is 7.36. The summed E-state index contributed by atoms with van der Waals surface area (Å²) in [6.45, 7) is 3.38. The molecule has 0 spiro atoms. The maximum atomic E-state index is 13.9. The molecule has 4 aromatic rings. The highest BCUT2D eigenvalue weighted by Gasteiger charge is 2.39. The standard InChI is InChI=1S/C31H33ClF3N11O3/c1-36-22-6-9-38-26(42-22)24-23(25(44-43-24)31(33,34)35)21-16-39-27(41-21)28(47)40-15-17-2-3-19(20(32)14-17)30(49)46-12-10-45(11-13-46)29(48)18-4-7-37-8-5-18/h2-3,6,9,14,16,18,37H,4-5,7-8,10-13,15H2,1H3,(H,39,41)(H,40,47)(H,43,44)(H,36,38,42). The van der Waals surface area contributed by atoms with E-state index in [4.69, 9.17) is 11.6 Å². The molecule has 0 radical (unpaired) electrons. The second-order valence-electron chi connectivity index (χ2n) is 11.6. The summed E-state index contributed by atoms with van der Waals surface area (Å²) in [7, 11) is 1.60. The number of amides is 3. The average Bonchev–Trinajstić information content (AvgIpc) is 3.79. The van der Waals surface area contributed by atoms with E-state index in [1.54, 1.807) is 36.2 Å². The summed E-state index contributed by atoms with van der Waals surface area (Å²) in [6.07, 6.45) is -0.690. The second kappa shape index (κ2) is 14.2. The van der Waals surface area contributed by atoms with Crippen LogP contribution < -0.4 is 16.0 Å². The zero-order valence-corrected chi connectivity index (χ0v) is 27.1. The number of H-pyrrole nitrogens is 2. The minimum Gasteiger partial charge on any atom is -0.373 e. The van der Waals surface area contributed by atoms with Crippen LogP contribution >= 0.6 is 11.6 Å². The van der Waals surface area contributed by atoms with Gasteiger partial charge < -0.3 is 30.7 Å². The van der Waals surface area contributed by atoms with Crippen molar-refractivity contribution in [2.45, 2.75) is 25.6 Å². The SMILES string of the molecule is CNc1ccnc(-c2n[nH]c(C(F)(F)F)c2-c2cnc(C(=O)NCc3ccc(C(=O)N4CCN(C(=O)C5CCNCC5)CC4)c(Cl)c3)[nH]2)n1. The van der Waals surface area contributed by atoms with E-state index in [1.165, 1.54) is 6.20 Å². The zero-order chi connectivity index (χ0) is 34.7. The lowest BCUT2D eigenvalue weighted by atomic mass is 9.96. The number of piperidine rings is 1. The van der Waals surface area contributed by atoms with E-state index in [1.807, 2.05) is 10.00 Å². The first-order valence-corrected chi connectivity index (χ1v) is 16.0. The number of hydrogen-bond acceptors (Lipinski definition) is 9. The number of carbonyl (C=O) groups is 3. The Morgan fingerprint density at radius 2 is 1.78 bits per heavy atom. The Balaban J connectivity index is 1.09. The van der Waals surface area contributed by atoms with Crippen molar-refractivity contribution in [2.75, 3.05) is 51.6 Å². The van der Waals surface area contributed by atoms with Crippen LogP contribution in [-0.4, -0.2) is 104 Å². The Kier molecular flexibility index (Phi) is 9.82. The molecule has 0 unspecified atom stereocenters. The van der Waals surface area contributed by atoms with Crippen molar-refractivity contribution in [1.82, 2.24) is 50.6 Å². The van der Waals surface area contributed by atoms with Crippen molar-refractivity contribution in [3.63, 3.8) is 0 Å². The fourth-order valence-corrected chi connectivity index (χ4v) is 6.17.